The molecule has 2 aromatic rings. The Bertz CT molecular complexity index is 526. The maximum atomic E-state index is 10.7. The fourth-order valence-electron chi connectivity index (χ4n) is 1.53. The second-order valence-corrected chi connectivity index (χ2v) is 3.87. The van der Waals surface area contributed by atoms with Gasteiger partial charge >= 0.3 is 5.97 Å². The number of carboxylic acid groups (broad SMARTS) is 1. The maximum Gasteiger partial charge on any atom is 0.335 e. The van der Waals surface area contributed by atoms with E-state index >= 15 is 0 Å². The topological polar surface area (TPSA) is 76.5 Å². The van der Waals surface area contributed by atoms with E-state index in [2.05, 4.69) is 0 Å². The summed E-state index contributed by atoms with van der Waals surface area (Å²) in [5.41, 5.74) is 6.79. The fourth-order valence-corrected chi connectivity index (χ4v) is 1.53. The SMILES string of the molecule is CC(N)c1ccc(-c2ccc(C(=O)O)cc2)o1. The molecular formula is C13H13NO3. The largest absolute Gasteiger partial charge is 0.478 e. The van der Waals surface area contributed by atoms with Crippen molar-refractivity contribution in [1.29, 1.82) is 0 Å². The number of carboxylic acids is 1. The van der Waals surface area contributed by atoms with E-state index in [4.69, 9.17) is 15.3 Å². The van der Waals surface area contributed by atoms with Crippen molar-refractivity contribution in [2.45, 2.75) is 13.0 Å². The van der Waals surface area contributed by atoms with Crippen molar-refractivity contribution in [2.24, 2.45) is 5.73 Å². The van der Waals surface area contributed by atoms with Gasteiger partial charge in [0.1, 0.15) is 11.5 Å². The highest BCUT2D eigenvalue weighted by Gasteiger charge is 2.08. The lowest BCUT2D eigenvalue weighted by Gasteiger charge is -2.00. The van der Waals surface area contributed by atoms with Crippen LogP contribution in [-0.2, 0) is 0 Å². The Balaban J connectivity index is 2.30. The van der Waals surface area contributed by atoms with Gasteiger partial charge in [-0.15, -0.1) is 0 Å². The van der Waals surface area contributed by atoms with Crippen LogP contribution in [0.3, 0.4) is 0 Å². The summed E-state index contributed by atoms with van der Waals surface area (Å²) < 4.78 is 5.56. The molecule has 4 nitrogen and oxygen atoms in total. The Morgan fingerprint density at radius 3 is 2.35 bits per heavy atom. The minimum absolute atomic E-state index is 0.151. The molecule has 1 unspecified atom stereocenters. The van der Waals surface area contributed by atoms with E-state index in [0.717, 1.165) is 5.56 Å². The summed E-state index contributed by atoms with van der Waals surface area (Å²) >= 11 is 0. The van der Waals surface area contributed by atoms with Crippen LogP contribution in [-0.4, -0.2) is 11.1 Å². The standard InChI is InChI=1S/C13H13NO3/c1-8(14)11-6-7-12(17-11)9-2-4-10(5-3-9)13(15)16/h2-8H,14H2,1H3,(H,15,16). The first-order chi connectivity index (χ1) is 8.08. The van der Waals surface area contributed by atoms with E-state index in [0.29, 0.717) is 11.5 Å². The number of aromatic carboxylic acids is 1. The maximum absolute atomic E-state index is 10.7. The Hall–Kier alpha value is -2.07. The zero-order valence-corrected chi connectivity index (χ0v) is 9.38. The minimum Gasteiger partial charge on any atom is -0.478 e. The van der Waals surface area contributed by atoms with Crippen LogP contribution in [0.15, 0.2) is 40.8 Å². The minimum atomic E-state index is -0.938. The summed E-state index contributed by atoms with van der Waals surface area (Å²) in [6, 6.07) is 10.0. The molecule has 1 heterocycles. The second-order valence-electron chi connectivity index (χ2n) is 3.87. The lowest BCUT2D eigenvalue weighted by molar-refractivity contribution is 0.0697. The van der Waals surface area contributed by atoms with Crippen molar-refractivity contribution in [1.82, 2.24) is 0 Å². The van der Waals surface area contributed by atoms with Gasteiger partial charge in [0, 0.05) is 5.56 Å². The average Bonchev–Trinajstić information content (AvgIpc) is 2.78. The number of hydrogen-bond donors (Lipinski definition) is 2. The number of hydrogen-bond acceptors (Lipinski definition) is 3. The van der Waals surface area contributed by atoms with Gasteiger partial charge in [-0.3, -0.25) is 0 Å². The van der Waals surface area contributed by atoms with E-state index in [1.54, 1.807) is 24.3 Å². The van der Waals surface area contributed by atoms with Crippen molar-refractivity contribution in [2.75, 3.05) is 0 Å². The van der Waals surface area contributed by atoms with Crippen molar-refractivity contribution >= 4 is 5.97 Å². The van der Waals surface area contributed by atoms with Crippen LogP contribution in [0, 0.1) is 0 Å². The molecule has 0 bridgehead atoms. The molecule has 0 spiro atoms. The van der Waals surface area contributed by atoms with Crippen LogP contribution >= 0.6 is 0 Å². The summed E-state index contributed by atoms with van der Waals surface area (Å²) in [5.74, 6) is 0.462. The number of benzene rings is 1. The molecule has 4 heteroatoms. The molecule has 0 amide bonds. The quantitative estimate of drug-likeness (QED) is 0.851. The third kappa shape index (κ3) is 2.37. The normalized spacial score (nSPS) is 12.4. The number of furan rings is 1. The van der Waals surface area contributed by atoms with Crippen LogP contribution < -0.4 is 5.73 Å². The molecule has 3 N–H and O–H groups in total. The number of rotatable bonds is 3. The summed E-state index contributed by atoms with van der Waals surface area (Å²) in [6.07, 6.45) is 0. The van der Waals surface area contributed by atoms with Gasteiger partial charge in [-0.2, -0.15) is 0 Å². The van der Waals surface area contributed by atoms with Gasteiger partial charge in [-0.05, 0) is 31.2 Å². The zero-order chi connectivity index (χ0) is 12.4. The second kappa shape index (κ2) is 4.43. The molecule has 1 aromatic carbocycles. The monoisotopic (exact) mass is 231 g/mol. The first-order valence-corrected chi connectivity index (χ1v) is 5.27. The fraction of sp³-hybridized carbons (Fsp3) is 0.154. The van der Waals surface area contributed by atoms with Gasteiger partial charge in [0.05, 0.1) is 11.6 Å². The van der Waals surface area contributed by atoms with Crippen LogP contribution in [0.2, 0.25) is 0 Å². The van der Waals surface area contributed by atoms with E-state index < -0.39 is 5.97 Å². The lowest BCUT2D eigenvalue weighted by Crippen LogP contribution is -2.02. The summed E-state index contributed by atoms with van der Waals surface area (Å²) in [7, 11) is 0. The summed E-state index contributed by atoms with van der Waals surface area (Å²) in [6.45, 7) is 1.84. The molecule has 2 rings (SSSR count). The molecule has 88 valence electrons. The third-order valence-electron chi connectivity index (χ3n) is 2.49. The highest BCUT2D eigenvalue weighted by atomic mass is 16.4. The zero-order valence-electron chi connectivity index (χ0n) is 9.38. The molecule has 0 saturated carbocycles. The highest BCUT2D eigenvalue weighted by molar-refractivity contribution is 5.88. The van der Waals surface area contributed by atoms with Gasteiger partial charge in [-0.25, -0.2) is 4.79 Å². The third-order valence-corrected chi connectivity index (χ3v) is 2.49. The van der Waals surface area contributed by atoms with Crippen LogP contribution in [0.5, 0.6) is 0 Å². The molecule has 0 aliphatic carbocycles. The van der Waals surface area contributed by atoms with Gasteiger partial charge in [0.15, 0.2) is 0 Å². The van der Waals surface area contributed by atoms with Crippen molar-refractivity contribution in [3.05, 3.63) is 47.7 Å². The van der Waals surface area contributed by atoms with Crippen LogP contribution in [0.4, 0.5) is 0 Å². The molecule has 0 saturated heterocycles. The highest BCUT2D eigenvalue weighted by Crippen LogP contribution is 2.24. The van der Waals surface area contributed by atoms with Crippen molar-refractivity contribution in [3.8, 4) is 11.3 Å². The summed E-state index contributed by atoms with van der Waals surface area (Å²) in [5, 5.41) is 8.78. The predicted octanol–water partition coefficient (Wildman–Crippen LogP) is 2.66. The van der Waals surface area contributed by atoms with Gasteiger partial charge in [0.2, 0.25) is 0 Å². The molecule has 0 aliphatic heterocycles. The van der Waals surface area contributed by atoms with E-state index in [1.165, 1.54) is 0 Å². The Morgan fingerprint density at radius 2 is 1.88 bits per heavy atom. The van der Waals surface area contributed by atoms with E-state index in [-0.39, 0.29) is 11.6 Å². The molecule has 17 heavy (non-hydrogen) atoms. The van der Waals surface area contributed by atoms with Crippen LogP contribution in [0.1, 0.15) is 29.1 Å². The molecule has 1 atom stereocenters. The van der Waals surface area contributed by atoms with Gasteiger partial charge in [-0.1, -0.05) is 12.1 Å². The molecular weight excluding hydrogens is 218 g/mol. The van der Waals surface area contributed by atoms with Crippen molar-refractivity contribution in [3.63, 3.8) is 0 Å². The van der Waals surface area contributed by atoms with Crippen molar-refractivity contribution < 1.29 is 14.3 Å². The molecule has 0 aliphatic rings. The van der Waals surface area contributed by atoms with Crippen LogP contribution in [0.25, 0.3) is 11.3 Å². The molecule has 0 radical (unpaired) electrons. The summed E-state index contributed by atoms with van der Waals surface area (Å²) in [4.78, 5) is 10.7. The Kier molecular flexibility index (Phi) is 2.97. The first-order valence-electron chi connectivity index (χ1n) is 5.27. The molecule has 0 fully saturated rings. The number of carbonyl (C=O) groups is 1. The van der Waals surface area contributed by atoms with Gasteiger partial charge < -0.3 is 15.3 Å². The number of nitrogens with two attached hydrogens (primary N) is 1. The Labute approximate surface area is 98.7 Å². The van der Waals surface area contributed by atoms with E-state index in [1.807, 2.05) is 19.1 Å². The first kappa shape index (κ1) is 11.4. The average molecular weight is 231 g/mol. The smallest absolute Gasteiger partial charge is 0.335 e. The van der Waals surface area contributed by atoms with Gasteiger partial charge in [0.25, 0.3) is 0 Å². The Morgan fingerprint density at radius 1 is 1.24 bits per heavy atom. The molecule has 1 aromatic heterocycles. The lowest BCUT2D eigenvalue weighted by atomic mass is 10.1. The predicted molar refractivity (Wildman–Crippen MR) is 63.7 cm³/mol. The van der Waals surface area contributed by atoms with E-state index in [9.17, 15) is 4.79 Å².